The quantitative estimate of drug-likeness (QED) is 0.652. The highest BCUT2D eigenvalue weighted by Crippen LogP contribution is 2.25. The Labute approximate surface area is 131 Å². The average molecular weight is 333 g/mol. The molecule has 2 heterocycles. The van der Waals surface area contributed by atoms with Crippen LogP contribution < -0.4 is 5.32 Å². The summed E-state index contributed by atoms with van der Waals surface area (Å²) in [7, 11) is 0. The molecule has 0 spiro atoms. The minimum atomic E-state index is -0.0201. The van der Waals surface area contributed by atoms with Crippen LogP contribution in [0.5, 0.6) is 0 Å². The van der Waals surface area contributed by atoms with E-state index in [4.69, 9.17) is 23.2 Å². The van der Waals surface area contributed by atoms with Crippen LogP contribution >= 0.6 is 35.0 Å². The summed E-state index contributed by atoms with van der Waals surface area (Å²) in [4.78, 5) is 11.6. The number of aromatic nitrogens is 3. The van der Waals surface area contributed by atoms with Gasteiger partial charge in [-0.2, -0.15) is 0 Å². The molecule has 0 aromatic carbocycles. The van der Waals surface area contributed by atoms with Gasteiger partial charge >= 0.3 is 0 Å². The molecule has 0 unspecified atom stereocenters. The smallest absolute Gasteiger partial charge is 0.230 e. The first-order valence-corrected chi connectivity index (χ1v) is 7.95. The Morgan fingerprint density at radius 1 is 1.45 bits per heavy atom. The normalized spacial score (nSPS) is 10.9. The predicted octanol–water partition coefficient (Wildman–Crippen LogP) is 3.04. The summed E-state index contributed by atoms with van der Waals surface area (Å²) in [5.74, 6) is 0.266. The van der Waals surface area contributed by atoms with Crippen molar-refractivity contribution in [2.24, 2.45) is 0 Å². The Balaban J connectivity index is 2.02. The largest absolute Gasteiger partial charge is 0.355 e. The number of fused-ring (bicyclic) bond motifs is 1. The standard InChI is InChI=1S/C12H14Cl2N4OS/c1-2-3-4-15-10(19)7-20-12-17-16-11-9(14)5-8(13)6-18(11)12/h5-6H,2-4,7H2,1H3,(H,15,19). The summed E-state index contributed by atoms with van der Waals surface area (Å²) in [6.07, 6.45) is 3.72. The number of amides is 1. The lowest BCUT2D eigenvalue weighted by Gasteiger charge is -2.03. The van der Waals surface area contributed by atoms with Gasteiger partial charge in [0.1, 0.15) is 0 Å². The molecular weight excluding hydrogens is 319 g/mol. The van der Waals surface area contributed by atoms with Gasteiger partial charge in [0.05, 0.1) is 15.8 Å². The second-order valence-electron chi connectivity index (χ2n) is 4.17. The van der Waals surface area contributed by atoms with E-state index in [1.807, 2.05) is 0 Å². The van der Waals surface area contributed by atoms with E-state index < -0.39 is 0 Å². The van der Waals surface area contributed by atoms with Crippen molar-refractivity contribution in [2.75, 3.05) is 12.3 Å². The van der Waals surface area contributed by atoms with E-state index in [0.29, 0.717) is 27.4 Å². The third kappa shape index (κ3) is 3.77. The van der Waals surface area contributed by atoms with Crippen LogP contribution in [0.2, 0.25) is 10.0 Å². The van der Waals surface area contributed by atoms with E-state index in [2.05, 4.69) is 22.4 Å². The fourth-order valence-corrected chi connectivity index (χ4v) is 2.83. The van der Waals surface area contributed by atoms with Crippen LogP contribution in [-0.4, -0.2) is 32.8 Å². The molecule has 2 aromatic heterocycles. The highest BCUT2D eigenvalue weighted by Gasteiger charge is 2.12. The van der Waals surface area contributed by atoms with Gasteiger partial charge in [-0.3, -0.25) is 9.20 Å². The third-order valence-electron chi connectivity index (χ3n) is 2.58. The second kappa shape index (κ2) is 7.15. The van der Waals surface area contributed by atoms with E-state index in [1.165, 1.54) is 11.8 Å². The molecule has 8 heteroatoms. The average Bonchev–Trinajstić information content (AvgIpc) is 2.80. The van der Waals surface area contributed by atoms with Gasteiger partial charge < -0.3 is 5.32 Å². The number of carbonyl (C=O) groups is 1. The van der Waals surface area contributed by atoms with Crippen molar-refractivity contribution in [3.05, 3.63) is 22.3 Å². The first-order chi connectivity index (χ1) is 9.61. The van der Waals surface area contributed by atoms with Gasteiger partial charge in [0.2, 0.25) is 5.91 Å². The van der Waals surface area contributed by atoms with Crippen molar-refractivity contribution in [1.29, 1.82) is 0 Å². The minimum absolute atomic E-state index is 0.0201. The first-order valence-electron chi connectivity index (χ1n) is 6.21. The van der Waals surface area contributed by atoms with Gasteiger partial charge in [0.15, 0.2) is 10.8 Å². The summed E-state index contributed by atoms with van der Waals surface area (Å²) < 4.78 is 1.69. The number of carbonyl (C=O) groups excluding carboxylic acids is 1. The lowest BCUT2D eigenvalue weighted by atomic mass is 10.3. The Bertz CT molecular complexity index is 617. The molecule has 0 fully saturated rings. The van der Waals surface area contributed by atoms with Crippen LogP contribution in [0.4, 0.5) is 0 Å². The maximum Gasteiger partial charge on any atom is 0.230 e. The summed E-state index contributed by atoms with van der Waals surface area (Å²) in [6, 6.07) is 1.61. The molecule has 20 heavy (non-hydrogen) atoms. The summed E-state index contributed by atoms with van der Waals surface area (Å²) in [5.41, 5.74) is 0.532. The summed E-state index contributed by atoms with van der Waals surface area (Å²) >= 11 is 13.3. The van der Waals surface area contributed by atoms with Crippen molar-refractivity contribution in [3.8, 4) is 0 Å². The Morgan fingerprint density at radius 3 is 3.00 bits per heavy atom. The molecule has 1 N–H and O–H groups in total. The molecule has 0 aliphatic heterocycles. The molecule has 5 nitrogen and oxygen atoms in total. The zero-order valence-corrected chi connectivity index (χ0v) is 13.2. The highest BCUT2D eigenvalue weighted by atomic mass is 35.5. The van der Waals surface area contributed by atoms with Crippen LogP contribution in [0.25, 0.3) is 5.65 Å². The fraction of sp³-hybridized carbons (Fsp3) is 0.417. The fourth-order valence-electron chi connectivity index (χ4n) is 1.59. The Hall–Kier alpha value is -0.980. The molecular formula is C12H14Cl2N4OS. The SMILES string of the molecule is CCCCNC(=O)CSc1nnc2c(Cl)cc(Cl)cn12. The Morgan fingerprint density at radius 2 is 2.25 bits per heavy atom. The van der Waals surface area contributed by atoms with E-state index in [-0.39, 0.29) is 11.7 Å². The molecule has 0 atom stereocenters. The summed E-state index contributed by atoms with van der Waals surface area (Å²) in [6.45, 7) is 2.78. The molecule has 0 bridgehead atoms. The predicted molar refractivity (Wildman–Crippen MR) is 81.6 cm³/mol. The molecule has 1 amide bonds. The van der Waals surface area contributed by atoms with Gasteiger partial charge in [-0.05, 0) is 12.5 Å². The van der Waals surface area contributed by atoms with E-state index in [0.717, 1.165) is 12.8 Å². The maximum absolute atomic E-state index is 11.6. The van der Waals surface area contributed by atoms with Crippen molar-refractivity contribution in [2.45, 2.75) is 24.9 Å². The molecule has 0 saturated carbocycles. The van der Waals surface area contributed by atoms with Crippen LogP contribution in [0, 0.1) is 0 Å². The molecule has 0 saturated heterocycles. The second-order valence-corrected chi connectivity index (χ2v) is 5.96. The number of hydrogen-bond donors (Lipinski definition) is 1. The van der Waals surface area contributed by atoms with Crippen molar-refractivity contribution in [1.82, 2.24) is 19.9 Å². The lowest BCUT2D eigenvalue weighted by Crippen LogP contribution is -2.26. The number of rotatable bonds is 6. The van der Waals surface area contributed by atoms with Gasteiger partial charge in [-0.15, -0.1) is 10.2 Å². The molecule has 108 valence electrons. The molecule has 2 aromatic rings. The molecule has 2 rings (SSSR count). The van der Waals surface area contributed by atoms with E-state index in [9.17, 15) is 4.79 Å². The van der Waals surface area contributed by atoms with Gasteiger partial charge in [0.25, 0.3) is 0 Å². The van der Waals surface area contributed by atoms with Crippen LogP contribution in [0.1, 0.15) is 19.8 Å². The van der Waals surface area contributed by atoms with E-state index >= 15 is 0 Å². The van der Waals surface area contributed by atoms with Gasteiger partial charge in [-0.25, -0.2) is 0 Å². The number of hydrogen-bond acceptors (Lipinski definition) is 4. The van der Waals surface area contributed by atoms with Crippen LogP contribution in [0.3, 0.4) is 0 Å². The van der Waals surface area contributed by atoms with Crippen LogP contribution in [-0.2, 0) is 4.79 Å². The zero-order chi connectivity index (χ0) is 14.5. The topological polar surface area (TPSA) is 59.3 Å². The number of nitrogens with one attached hydrogen (secondary N) is 1. The number of unbranched alkanes of at least 4 members (excludes halogenated alkanes) is 1. The van der Waals surface area contributed by atoms with Crippen molar-refractivity contribution < 1.29 is 4.79 Å². The highest BCUT2D eigenvalue weighted by molar-refractivity contribution is 7.99. The van der Waals surface area contributed by atoms with Crippen LogP contribution in [0.15, 0.2) is 17.4 Å². The van der Waals surface area contributed by atoms with Gasteiger partial charge in [0, 0.05) is 12.7 Å². The monoisotopic (exact) mass is 332 g/mol. The number of pyridine rings is 1. The van der Waals surface area contributed by atoms with Crippen molar-refractivity contribution in [3.63, 3.8) is 0 Å². The Kier molecular flexibility index (Phi) is 5.51. The maximum atomic E-state index is 11.6. The first kappa shape index (κ1) is 15.4. The minimum Gasteiger partial charge on any atom is -0.355 e. The van der Waals surface area contributed by atoms with Crippen molar-refractivity contribution >= 4 is 46.5 Å². The van der Waals surface area contributed by atoms with E-state index in [1.54, 1.807) is 16.7 Å². The summed E-state index contributed by atoms with van der Waals surface area (Å²) in [5, 5.41) is 12.4. The molecule has 0 aliphatic rings. The third-order valence-corrected chi connectivity index (χ3v) is 4.01. The number of thioether (sulfide) groups is 1. The number of nitrogens with zero attached hydrogens (tertiary/aromatic N) is 3. The molecule has 0 aliphatic carbocycles. The molecule has 0 radical (unpaired) electrons. The van der Waals surface area contributed by atoms with Gasteiger partial charge in [-0.1, -0.05) is 48.3 Å². The number of halogens is 2. The lowest BCUT2D eigenvalue weighted by molar-refractivity contribution is -0.118. The zero-order valence-electron chi connectivity index (χ0n) is 10.9.